The van der Waals surface area contributed by atoms with Crippen LogP contribution in [-0.2, 0) is 9.53 Å². The Morgan fingerprint density at radius 3 is 2.52 bits per heavy atom. The number of Topliss-reactive ketones (excluding diaryl/α,β-unsaturated/α-hetero) is 1. The van der Waals surface area contributed by atoms with Crippen molar-refractivity contribution in [2.45, 2.75) is 0 Å². The molecule has 2 rings (SSSR count). The van der Waals surface area contributed by atoms with Gasteiger partial charge in [0.2, 0.25) is 0 Å². The summed E-state index contributed by atoms with van der Waals surface area (Å²) >= 11 is 5.31. The maximum atomic E-state index is 11.8. The first-order valence-corrected chi connectivity index (χ1v) is 7.81. The van der Waals surface area contributed by atoms with Crippen LogP contribution in [0.15, 0.2) is 51.4 Å². The molecule has 4 nitrogen and oxygen atoms in total. The second-order valence-corrected chi connectivity index (χ2v) is 5.99. The summed E-state index contributed by atoms with van der Waals surface area (Å²) < 4.78 is 11.8. The molecule has 21 heavy (non-hydrogen) atoms. The van der Waals surface area contributed by atoms with E-state index in [2.05, 4.69) is 15.9 Å². The molecule has 1 heterocycles. The maximum Gasteiger partial charge on any atom is 0.331 e. The fourth-order valence-corrected chi connectivity index (χ4v) is 2.17. The van der Waals surface area contributed by atoms with Gasteiger partial charge in [-0.2, -0.15) is 0 Å². The fraction of sp³-hybridized carbons (Fsp3) is 0.0667. The third kappa shape index (κ3) is 5.13. The summed E-state index contributed by atoms with van der Waals surface area (Å²) in [5.41, 5.74) is 0.496. The highest BCUT2D eigenvalue weighted by Gasteiger charge is 2.08. The largest absolute Gasteiger partial charge is 0.454 e. The number of benzene rings is 1. The van der Waals surface area contributed by atoms with Gasteiger partial charge in [0.1, 0.15) is 5.76 Å². The monoisotopic (exact) mass is 460 g/mol. The van der Waals surface area contributed by atoms with E-state index in [0.29, 0.717) is 11.3 Å². The summed E-state index contributed by atoms with van der Waals surface area (Å²) in [5.74, 6) is -0.292. The highest BCUT2D eigenvalue weighted by atomic mass is 127. The quantitative estimate of drug-likeness (QED) is 0.292. The molecule has 0 bridgehead atoms. The zero-order valence-corrected chi connectivity index (χ0v) is 14.5. The van der Waals surface area contributed by atoms with E-state index in [1.165, 1.54) is 12.2 Å². The average molecular weight is 461 g/mol. The number of ketones is 1. The molecule has 0 amide bonds. The van der Waals surface area contributed by atoms with E-state index >= 15 is 0 Å². The van der Waals surface area contributed by atoms with Crippen molar-refractivity contribution in [2.24, 2.45) is 0 Å². The molecule has 0 N–H and O–H groups in total. The summed E-state index contributed by atoms with van der Waals surface area (Å²) in [6.07, 6.45) is 2.72. The van der Waals surface area contributed by atoms with Crippen LogP contribution in [-0.4, -0.2) is 18.4 Å². The predicted molar refractivity (Wildman–Crippen MR) is 89.9 cm³/mol. The number of carbonyl (C=O) groups is 2. The minimum Gasteiger partial charge on any atom is -0.454 e. The Morgan fingerprint density at radius 1 is 1.19 bits per heavy atom. The first-order valence-electron chi connectivity index (χ1n) is 5.93. The molecule has 0 aliphatic carbocycles. The number of hydrogen-bond acceptors (Lipinski definition) is 4. The molecule has 0 saturated carbocycles. The van der Waals surface area contributed by atoms with Crippen molar-refractivity contribution in [1.82, 2.24) is 0 Å². The Balaban J connectivity index is 1.85. The van der Waals surface area contributed by atoms with Gasteiger partial charge in [-0.3, -0.25) is 4.79 Å². The number of furan rings is 1. The normalized spacial score (nSPS) is 10.8. The smallest absolute Gasteiger partial charge is 0.331 e. The van der Waals surface area contributed by atoms with Crippen molar-refractivity contribution in [3.63, 3.8) is 0 Å². The van der Waals surface area contributed by atoms with Crippen LogP contribution < -0.4 is 0 Å². The highest BCUT2D eigenvalue weighted by Crippen LogP contribution is 2.12. The summed E-state index contributed by atoms with van der Waals surface area (Å²) in [7, 11) is 0. The number of halogens is 2. The summed E-state index contributed by atoms with van der Waals surface area (Å²) in [4.78, 5) is 23.3. The van der Waals surface area contributed by atoms with Crippen LogP contribution >= 0.6 is 38.5 Å². The maximum absolute atomic E-state index is 11.8. The van der Waals surface area contributed by atoms with Gasteiger partial charge in [0.15, 0.2) is 16.2 Å². The molecule has 0 fully saturated rings. The molecule has 0 saturated heterocycles. The minimum absolute atomic E-state index is 0.253. The van der Waals surface area contributed by atoms with Gasteiger partial charge >= 0.3 is 5.97 Å². The van der Waals surface area contributed by atoms with Crippen molar-refractivity contribution in [3.05, 3.63) is 62.0 Å². The van der Waals surface area contributed by atoms with Crippen LogP contribution in [0.2, 0.25) is 0 Å². The van der Waals surface area contributed by atoms with Gasteiger partial charge in [-0.1, -0.05) is 28.1 Å². The number of esters is 1. The van der Waals surface area contributed by atoms with E-state index < -0.39 is 5.97 Å². The lowest BCUT2D eigenvalue weighted by Gasteiger charge is -2.01. The summed E-state index contributed by atoms with van der Waals surface area (Å²) in [6, 6.07) is 10.4. The standard InChI is InChI=1S/C15H10BrIO4/c16-11-3-1-10(2-4-11)13(18)9-20-15(19)8-6-12-5-7-14(17)21-12/h1-8H,9H2/b8-6+. The molecule has 2 aromatic rings. The van der Waals surface area contributed by atoms with E-state index in [0.717, 1.165) is 8.24 Å². The number of carbonyl (C=O) groups excluding carboxylic acids is 2. The number of rotatable bonds is 5. The first-order chi connectivity index (χ1) is 10.0. The molecular weight excluding hydrogens is 451 g/mol. The molecule has 1 aromatic heterocycles. The second kappa shape index (κ2) is 7.56. The van der Waals surface area contributed by atoms with E-state index in [1.54, 1.807) is 36.4 Å². The highest BCUT2D eigenvalue weighted by molar-refractivity contribution is 14.1. The SMILES string of the molecule is O=C(/C=C/c1ccc(I)o1)OCC(=O)c1ccc(Br)cc1. The van der Waals surface area contributed by atoms with Gasteiger partial charge in [0, 0.05) is 16.1 Å². The average Bonchev–Trinajstić information content (AvgIpc) is 2.89. The molecule has 0 radical (unpaired) electrons. The molecule has 1 aromatic carbocycles. The lowest BCUT2D eigenvalue weighted by atomic mass is 10.1. The molecule has 0 aliphatic rings. The Kier molecular flexibility index (Phi) is 5.75. The van der Waals surface area contributed by atoms with Crippen molar-refractivity contribution in [3.8, 4) is 0 Å². The van der Waals surface area contributed by atoms with Gasteiger partial charge in [0.25, 0.3) is 0 Å². The Morgan fingerprint density at radius 2 is 1.90 bits per heavy atom. The summed E-state index contributed by atoms with van der Waals surface area (Å²) in [6.45, 7) is -0.291. The van der Waals surface area contributed by atoms with Gasteiger partial charge < -0.3 is 9.15 Å². The molecule has 0 unspecified atom stereocenters. The lowest BCUT2D eigenvalue weighted by Crippen LogP contribution is -2.12. The van der Waals surface area contributed by atoms with E-state index in [4.69, 9.17) is 9.15 Å². The lowest BCUT2D eigenvalue weighted by molar-refractivity contribution is -0.136. The molecule has 0 spiro atoms. The first kappa shape index (κ1) is 16.0. The third-order valence-electron chi connectivity index (χ3n) is 2.49. The van der Waals surface area contributed by atoms with Crippen molar-refractivity contribution < 1.29 is 18.7 Å². The van der Waals surface area contributed by atoms with Crippen molar-refractivity contribution in [1.29, 1.82) is 0 Å². The van der Waals surface area contributed by atoms with Gasteiger partial charge in [0.05, 0.1) is 0 Å². The topological polar surface area (TPSA) is 56.5 Å². The Bertz CT molecular complexity index is 673. The molecule has 108 valence electrons. The fourth-order valence-electron chi connectivity index (χ4n) is 1.47. The van der Waals surface area contributed by atoms with Crippen molar-refractivity contribution >= 4 is 56.3 Å². The zero-order chi connectivity index (χ0) is 15.2. The number of hydrogen-bond donors (Lipinski definition) is 0. The van der Waals surface area contributed by atoms with Crippen LogP contribution in [0.5, 0.6) is 0 Å². The van der Waals surface area contributed by atoms with Crippen LogP contribution in [0.4, 0.5) is 0 Å². The van der Waals surface area contributed by atoms with Crippen LogP contribution in [0.3, 0.4) is 0 Å². The Hall–Kier alpha value is -1.41. The third-order valence-corrected chi connectivity index (χ3v) is 3.60. The van der Waals surface area contributed by atoms with E-state index in [1.807, 2.05) is 22.6 Å². The van der Waals surface area contributed by atoms with Gasteiger partial charge in [-0.25, -0.2) is 4.79 Å². The van der Waals surface area contributed by atoms with Crippen LogP contribution in [0, 0.1) is 3.77 Å². The molecular formula is C15H10BrIO4. The van der Waals surface area contributed by atoms with Crippen LogP contribution in [0.1, 0.15) is 16.1 Å². The predicted octanol–water partition coefficient (Wildman–Crippen LogP) is 4.09. The van der Waals surface area contributed by atoms with E-state index in [-0.39, 0.29) is 12.4 Å². The van der Waals surface area contributed by atoms with E-state index in [9.17, 15) is 9.59 Å². The van der Waals surface area contributed by atoms with Crippen LogP contribution in [0.25, 0.3) is 6.08 Å². The van der Waals surface area contributed by atoms with Gasteiger partial charge in [-0.15, -0.1) is 0 Å². The van der Waals surface area contributed by atoms with Crippen molar-refractivity contribution in [2.75, 3.05) is 6.61 Å². The van der Waals surface area contributed by atoms with Gasteiger partial charge in [-0.05, 0) is 52.9 Å². The minimum atomic E-state index is -0.591. The number of ether oxygens (including phenoxy) is 1. The zero-order valence-electron chi connectivity index (χ0n) is 10.7. The summed E-state index contributed by atoms with van der Waals surface area (Å²) in [5, 5.41) is 0. The molecule has 0 aliphatic heterocycles. The molecule has 0 atom stereocenters. The molecule has 6 heteroatoms. The Labute approximate surface area is 143 Å². The second-order valence-electron chi connectivity index (χ2n) is 4.01.